The number of benzene rings is 1. The summed E-state index contributed by atoms with van der Waals surface area (Å²) in [4.78, 5) is 0. The Morgan fingerprint density at radius 2 is 2.09 bits per heavy atom. The quantitative estimate of drug-likeness (QED) is 0.561. The molecule has 0 amide bonds. The van der Waals surface area contributed by atoms with E-state index in [2.05, 4.69) is 36.4 Å². The minimum absolute atomic E-state index is 0.234. The smallest absolute Gasteiger partial charge is 0.147 e. The molecule has 1 unspecified atom stereocenters. The van der Waals surface area contributed by atoms with Crippen molar-refractivity contribution in [3.63, 3.8) is 0 Å². The van der Waals surface area contributed by atoms with Crippen LogP contribution in [0, 0.1) is 0 Å². The Kier molecular flexibility index (Phi) is 1.64. The zero-order valence-electron chi connectivity index (χ0n) is 6.45. The summed E-state index contributed by atoms with van der Waals surface area (Å²) in [6, 6.07) is 8.35. The van der Waals surface area contributed by atoms with Crippen LogP contribution in [0.15, 0.2) is 30.3 Å². The van der Waals surface area contributed by atoms with Crippen LogP contribution < -0.4 is 0 Å². The third kappa shape index (κ3) is 1.04. The van der Waals surface area contributed by atoms with Crippen LogP contribution >= 0.6 is 0 Å². The van der Waals surface area contributed by atoms with Crippen LogP contribution in [0.5, 0.6) is 0 Å². The largest absolute Gasteiger partial charge is 0.418 e. The maximum Gasteiger partial charge on any atom is 0.147 e. The van der Waals surface area contributed by atoms with E-state index in [1.54, 1.807) is 0 Å². The molecule has 1 aliphatic rings. The van der Waals surface area contributed by atoms with Gasteiger partial charge in [-0.15, -0.1) is 0 Å². The molecule has 0 bridgehead atoms. The molecule has 0 aliphatic heterocycles. The summed E-state index contributed by atoms with van der Waals surface area (Å²) in [5.74, 6) is 0. The molecule has 1 aliphatic carbocycles. The van der Waals surface area contributed by atoms with E-state index in [0.717, 1.165) is 10.5 Å². The first-order valence-electron chi connectivity index (χ1n) is 3.72. The van der Waals surface area contributed by atoms with Crippen LogP contribution in [-0.2, 0) is 4.43 Å². The molecule has 0 fully saturated rings. The third-order valence-corrected chi connectivity index (χ3v) is 2.51. The second-order valence-electron chi connectivity index (χ2n) is 2.64. The normalized spacial score (nSPS) is 20.5. The fourth-order valence-corrected chi connectivity index (χ4v) is 1.83. The Bertz CT molecular complexity index is 293. The van der Waals surface area contributed by atoms with Crippen molar-refractivity contribution in [2.45, 2.75) is 6.10 Å². The molecule has 0 N–H and O–H groups in total. The summed E-state index contributed by atoms with van der Waals surface area (Å²) < 4.78 is 5.39. The lowest BCUT2D eigenvalue weighted by atomic mass is 10.1. The summed E-state index contributed by atoms with van der Waals surface area (Å²) in [5, 5.41) is 0. The molecular weight excluding hydrogens is 152 g/mol. The molecule has 2 heteroatoms. The lowest BCUT2D eigenvalue weighted by molar-refractivity contribution is 0.286. The van der Waals surface area contributed by atoms with Gasteiger partial charge in [-0.1, -0.05) is 36.4 Å². The molecule has 0 radical (unpaired) electrons. The van der Waals surface area contributed by atoms with E-state index in [1.807, 2.05) is 0 Å². The standard InChI is InChI=1S/C9H10OSi/c11-10-9-6-5-7-3-1-2-4-8(7)9/h1-6,9H,11H3. The fraction of sp³-hybridized carbons (Fsp3) is 0.111. The van der Waals surface area contributed by atoms with Crippen LogP contribution in [0.1, 0.15) is 17.2 Å². The molecular formula is C9H10OSi. The van der Waals surface area contributed by atoms with Crippen molar-refractivity contribution in [1.29, 1.82) is 0 Å². The highest BCUT2D eigenvalue weighted by Crippen LogP contribution is 2.29. The van der Waals surface area contributed by atoms with Crippen LogP contribution in [0.2, 0.25) is 0 Å². The zero-order chi connectivity index (χ0) is 7.68. The first kappa shape index (κ1) is 6.82. The summed E-state index contributed by atoms with van der Waals surface area (Å²) in [6.07, 6.45) is 4.47. The van der Waals surface area contributed by atoms with Gasteiger partial charge < -0.3 is 4.43 Å². The highest BCUT2D eigenvalue weighted by Gasteiger charge is 2.13. The summed E-state index contributed by atoms with van der Waals surface area (Å²) in [7, 11) is 0.799. The second-order valence-corrected chi connectivity index (χ2v) is 3.12. The fourth-order valence-electron chi connectivity index (χ4n) is 1.42. The number of fused-ring (bicyclic) bond motifs is 1. The van der Waals surface area contributed by atoms with Gasteiger partial charge in [-0.25, -0.2) is 0 Å². The predicted molar refractivity (Wildman–Crippen MR) is 49.2 cm³/mol. The molecule has 11 heavy (non-hydrogen) atoms. The molecule has 0 aromatic heterocycles. The van der Waals surface area contributed by atoms with Gasteiger partial charge in [0.25, 0.3) is 0 Å². The Balaban J connectivity index is 2.46. The monoisotopic (exact) mass is 162 g/mol. The molecule has 1 aromatic carbocycles. The Labute approximate surface area is 69.2 Å². The molecule has 0 saturated heterocycles. The van der Waals surface area contributed by atoms with Gasteiger partial charge in [-0.05, 0) is 11.1 Å². The molecule has 1 nitrogen and oxygen atoms in total. The first-order chi connectivity index (χ1) is 5.42. The molecule has 56 valence electrons. The van der Waals surface area contributed by atoms with E-state index in [9.17, 15) is 0 Å². The predicted octanol–water partition coefficient (Wildman–Crippen LogP) is 1.05. The molecule has 0 heterocycles. The summed E-state index contributed by atoms with van der Waals surface area (Å²) >= 11 is 0. The van der Waals surface area contributed by atoms with Crippen molar-refractivity contribution < 1.29 is 4.43 Å². The van der Waals surface area contributed by atoms with Gasteiger partial charge in [0.05, 0.1) is 6.10 Å². The van der Waals surface area contributed by atoms with E-state index in [4.69, 9.17) is 4.43 Å². The highest BCUT2D eigenvalue weighted by atomic mass is 28.2. The third-order valence-electron chi connectivity index (χ3n) is 2.01. The molecule has 0 spiro atoms. The van der Waals surface area contributed by atoms with Crippen LogP contribution in [-0.4, -0.2) is 10.5 Å². The van der Waals surface area contributed by atoms with E-state index in [-0.39, 0.29) is 6.10 Å². The summed E-state index contributed by atoms with van der Waals surface area (Å²) in [5.41, 5.74) is 2.61. The Morgan fingerprint density at radius 3 is 2.91 bits per heavy atom. The van der Waals surface area contributed by atoms with Crippen LogP contribution in [0.3, 0.4) is 0 Å². The Morgan fingerprint density at radius 1 is 1.27 bits per heavy atom. The van der Waals surface area contributed by atoms with Gasteiger partial charge in [0, 0.05) is 0 Å². The van der Waals surface area contributed by atoms with Gasteiger partial charge in [-0.3, -0.25) is 0 Å². The first-order valence-corrected chi connectivity index (χ1v) is 4.53. The molecule has 2 rings (SSSR count). The van der Waals surface area contributed by atoms with Crippen LogP contribution in [0.4, 0.5) is 0 Å². The number of hydrogen-bond acceptors (Lipinski definition) is 1. The molecule has 0 saturated carbocycles. The molecule has 1 atom stereocenters. The highest BCUT2D eigenvalue weighted by molar-refractivity contribution is 5.98. The van der Waals surface area contributed by atoms with E-state index in [1.165, 1.54) is 11.1 Å². The van der Waals surface area contributed by atoms with Gasteiger partial charge in [0.15, 0.2) is 0 Å². The topological polar surface area (TPSA) is 9.23 Å². The van der Waals surface area contributed by atoms with Crippen LogP contribution in [0.25, 0.3) is 6.08 Å². The van der Waals surface area contributed by atoms with Gasteiger partial charge in [0.2, 0.25) is 0 Å². The van der Waals surface area contributed by atoms with E-state index >= 15 is 0 Å². The Hall–Kier alpha value is -0.863. The number of rotatable bonds is 1. The van der Waals surface area contributed by atoms with Crippen molar-refractivity contribution >= 4 is 16.6 Å². The van der Waals surface area contributed by atoms with Gasteiger partial charge in [-0.2, -0.15) is 0 Å². The maximum atomic E-state index is 5.39. The van der Waals surface area contributed by atoms with Crippen molar-refractivity contribution in [1.82, 2.24) is 0 Å². The van der Waals surface area contributed by atoms with E-state index in [0.29, 0.717) is 0 Å². The molecule has 1 aromatic rings. The maximum absolute atomic E-state index is 5.39. The summed E-state index contributed by atoms with van der Waals surface area (Å²) in [6.45, 7) is 0. The minimum atomic E-state index is 0.234. The lowest BCUT2D eigenvalue weighted by Crippen LogP contribution is -1.95. The minimum Gasteiger partial charge on any atom is -0.418 e. The SMILES string of the molecule is [SiH3]OC1C=Cc2ccccc21. The van der Waals surface area contributed by atoms with E-state index < -0.39 is 0 Å². The van der Waals surface area contributed by atoms with Crippen molar-refractivity contribution in [3.05, 3.63) is 41.5 Å². The van der Waals surface area contributed by atoms with Gasteiger partial charge in [0.1, 0.15) is 10.5 Å². The van der Waals surface area contributed by atoms with Crippen molar-refractivity contribution in [2.75, 3.05) is 0 Å². The number of hydrogen-bond donors (Lipinski definition) is 0. The lowest BCUT2D eigenvalue weighted by Gasteiger charge is -2.07. The average Bonchev–Trinajstić information content (AvgIpc) is 2.47. The zero-order valence-corrected chi connectivity index (χ0v) is 8.45. The second kappa shape index (κ2) is 2.64. The average molecular weight is 162 g/mol. The van der Waals surface area contributed by atoms with Crippen molar-refractivity contribution in [2.24, 2.45) is 0 Å². The van der Waals surface area contributed by atoms with Gasteiger partial charge >= 0.3 is 0 Å². The van der Waals surface area contributed by atoms with Crippen molar-refractivity contribution in [3.8, 4) is 0 Å².